The van der Waals surface area contributed by atoms with Gasteiger partial charge in [-0.2, -0.15) is 0 Å². The van der Waals surface area contributed by atoms with E-state index in [0.29, 0.717) is 15.5 Å². The minimum Gasteiger partial charge on any atom is -0.316 e. The van der Waals surface area contributed by atoms with Crippen LogP contribution in [0.5, 0.6) is 0 Å². The number of benzene rings is 1. The number of rotatable bonds is 1. The average Bonchev–Trinajstić information content (AvgIpc) is 2.97. The number of halogens is 2. The predicted octanol–water partition coefficient (Wildman–Crippen LogP) is 3.24. The van der Waals surface area contributed by atoms with Crippen LogP contribution in [-0.2, 0) is 5.41 Å². The van der Waals surface area contributed by atoms with Crippen LogP contribution in [0.4, 0.5) is 0 Å². The molecule has 2 fully saturated rings. The maximum atomic E-state index is 6.06. The second kappa shape index (κ2) is 3.38. The van der Waals surface area contributed by atoms with E-state index in [2.05, 4.69) is 11.4 Å². The van der Waals surface area contributed by atoms with Crippen molar-refractivity contribution in [1.82, 2.24) is 5.32 Å². The summed E-state index contributed by atoms with van der Waals surface area (Å²) in [7, 11) is 0. The summed E-state index contributed by atoms with van der Waals surface area (Å²) in [6, 6.07) is 6.08. The third-order valence-electron chi connectivity index (χ3n) is 3.84. The van der Waals surface area contributed by atoms with Crippen molar-refractivity contribution >= 4 is 23.2 Å². The summed E-state index contributed by atoms with van der Waals surface area (Å²) < 4.78 is 0. The molecule has 0 spiro atoms. The molecule has 80 valence electrons. The lowest BCUT2D eigenvalue weighted by Gasteiger charge is -2.23. The van der Waals surface area contributed by atoms with Crippen LogP contribution in [0.2, 0.25) is 10.0 Å². The van der Waals surface area contributed by atoms with E-state index >= 15 is 0 Å². The first kappa shape index (κ1) is 9.95. The van der Waals surface area contributed by atoms with Crippen LogP contribution < -0.4 is 5.32 Å². The van der Waals surface area contributed by atoms with Gasteiger partial charge in [0.25, 0.3) is 0 Å². The Balaban J connectivity index is 1.96. The topological polar surface area (TPSA) is 12.0 Å². The molecule has 15 heavy (non-hydrogen) atoms. The molecular formula is C12H13Cl2N. The molecular weight excluding hydrogens is 229 g/mol. The first-order valence-corrected chi connectivity index (χ1v) is 6.14. The van der Waals surface area contributed by atoms with Gasteiger partial charge in [-0.25, -0.2) is 0 Å². The van der Waals surface area contributed by atoms with Gasteiger partial charge in [0.15, 0.2) is 0 Å². The summed E-state index contributed by atoms with van der Waals surface area (Å²) in [5, 5.41) is 4.80. The lowest BCUT2D eigenvalue weighted by molar-refractivity contribution is 0.447. The molecule has 1 aliphatic heterocycles. The Morgan fingerprint density at radius 1 is 1.27 bits per heavy atom. The molecule has 0 bridgehead atoms. The monoisotopic (exact) mass is 241 g/mol. The summed E-state index contributed by atoms with van der Waals surface area (Å²) in [6.45, 7) is 2.25. The third kappa shape index (κ3) is 1.49. The lowest BCUT2D eigenvalue weighted by atomic mass is 9.90. The molecule has 2 aliphatic rings. The zero-order chi connectivity index (χ0) is 10.5. The lowest BCUT2D eigenvalue weighted by Crippen LogP contribution is -2.34. The van der Waals surface area contributed by atoms with Crippen LogP contribution in [0.25, 0.3) is 0 Å². The minimum absolute atomic E-state index is 0.368. The summed E-state index contributed by atoms with van der Waals surface area (Å²) in [6.07, 6.45) is 2.60. The van der Waals surface area contributed by atoms with Crippen molar-refractivity contribution in [2.24, 2.45) is 5.92 Å². The summed E-state index contributed by atoms with van der Waals surface area (Å²) in [5.74, 6) is 0.857. The predicted molar refractivity (Wildman–Crippen MR) is 63.7 cm³/mol. The van der Waals surface area contributed by atoms with Gasteiger partial charge >= 0.3 is 0 Å². The molecule has 3 heteroatoms. The molecule has 1 aromatic carbocycles. The fourth-order valence-electron chi connectivity index (χ4n) is 2.82. The second-order valence-electron chi connectivity index (χ2n) is 4.65. The van der Waals surface area contributed by atoms with E-state index in [0.717, 1.165) is 19.0 Å². The van der Waals surface area contributed by atoms with Crippen molar-refractivity contribution in [3.63, 3.8) is 0 Å². The van der Waals surface area contributed by atoms with Crippen molar-refractivity contribution in [1.29, 1.82) is 0 Å². The van der Waals surface area contributed by atoms with Gasteiger partial charge in [0.2, 0.25) is 0 Å². The smallest absolute Gasteiger partial charge is 0.0595 e. The molecule has 1 saturated heterocycles. The third-order valence-corrected chi connectivity index (χ3v) is 4.58. The largest absolute Gasteiger partial charge is 0.316 e. The van der Waals surface area contributed by atoms with Crippen LogP contribution in [0.1, 0.15) is 18.4 Å². The second-order valence-corrected chi connectivity index (χ2v) is 5.47. The Morgan fingerprint density at radius 2 is 2.13 bits per heavy atom. The Bertz CT molecular complexity index is 405. The Kier molecular flexibility index (Phi) is 2.24. The standard InChI is InChI=1S/C12H13Cl2N/c13-10-2-1-8(5-11(10)14)12-6-9(12)3-4-15-7-12/h1-2,5,9,15H,3-4,6-7H2/t9-,12-/m1/s1. The summed E-state index contributed by atoms with van der Waals surface area (Å²) in [4.78, 5) is 0. The number of fused-ring (bicyclic) bond motifs is 1. The van der Waals surface area contributed by atoms with Gasteiger partial charge in [0, 0.05) is 12.0 Å². The average molecular weight is 242 g/mol. The van der Waals surface area contributed by atoms with Gasteiger partial charge in [-0.05, 0) is 43.0 Å². The van der Waals surface area contributed by atoms with Gasteiger partial charge in [0.1, 0.15) is 0 Å². The SMILES string of the molecule is Clc1ccc([C@@]23CNCC[C@@H]2C3)cc1Cl. The van der Waals surface area contributed by atoms with Crippen LogP contribution in [0.3, 0.4) is 0 Å². The highest BCUT2D eigenvalue weighted by molar-refractivity contribution is 6.42. The first-order chi connectivity index (χ1) is 7.22. The highest BCUT2D eigenvalue weighted by Gasteiger charge is 2.55. The minimum atomic E-state index is 0.368. The highest BCUT2D eigenvalue weighted by Crippen LogP contribution is 2.57. The normalized spacial score (nSPS) is 33.6. The van der Waals surface area contributed by atoms with Crippen molar-refractivity contribution < 1.29 is 0 Å². The molecule has 1 aromatic rings. The zero-order valence-electron chi connectivity index (χ0n) is 8.39. The fraction of sp³-hybridized carbons (Fsp3) is 0.500. The molecule has 0 radical (unpaired) electrons. The van der Waals surface area contributed by atoms with Crippen LogP contribution in [0, 0.1) is 5.92 Å². The number of piperidine rings is 1. The number of hydrogen-bond donors (Lipinski definition) is 1. The molecule has 1 aliphatic carbocycles. The first-order valence-electron chi connectivity index (χ1n) is 5.39. The van der Waals surface area contributed by atoms with E-state index in [9.17, 15) is 0 Å². The maximum Gasteiger partial charge on any atom is 0.0595 e. The van der Waals surface area contributed by atoms with Crippen molar-refractivity contribution in [3.8, 4) is 0 Å². The van der Waals surface area contributed by atoms with Gasteiger partial charge in [-0.3, -0.25) is 0 Å². The van der Waals surface area contributed by atoms with E-state index in [1.807, 2.05) is 12.1 Å². The Labute approximate surface area is 99.8 Å². The van der Waals surface area contributed by atoms with Crippen molar-refractivity contribution in [3.05, 3.63) is 33.8 Å². The summed E-state index contributed by atoms with van der Waals surface area (Å²) in [5.41, 5.74) is 1.72. The van der Waals surface area contributed by atoms with E-state index in [1.165, 1.54) is 18.4 Å². The van der Waals surface area contributed by atoms with Gasteiger partial charge in [0.05, 0.1) is 10.0 Å². The van der Waals surface area contributed by atoms with E-state index in [4.69, 9.17) is 23.2 Å². The number of nitrogens with one attached hydrogen (secondary N) is 1. The Morgan fingerprint density at radius 3 is 2.87 bits per heavy atom. The molecule has 1 saturated carbocycles. The van der Waals surface area contributed by atoms with Crippen LogP contribution >= 0.6 is 23.2 Å². The van der Waals surface area contributed by atoms with Crippen molar-refractivity contribution in [2.45, 2.75) is 18.3 Å². The van der Waals surface area contributed by atoms with Crippen LogP contribution in [0.15, 0.2) is 18.2 Å². The van der Waals surface area contributed by atoms with Crippen LogP contribution in [-0.4, -0.2) is 13.1 Å². The molecule has 0 unspecified atom stereocenters. The Hall–Kier alpha value is -0.240. The highest BCUT2D eigenvalue weighted by atomic mass is 35.5. The van der Waals surface area contributed by atoms with Gasteiger partial charge in [-0.1, -0.05) is 29.3 Å². The van der Waals surface area contributed by atoms with Gasteiger partial charge < -0.3 is 5.32 Å². The molecule has 0 amide bonds. The quantitative estimate of drug-likeness (QED) is 0.797. The molecule has 0 aromatic heterocycles. The summed E-state index contributed by atoms with van der Waals surface area (Å²) >= 11 is 12.0. The van der Waals surface area contributed by atoms with E-state index in [-0.39, 0.29) is 0 Å². The van der Waals surface area contributed by atoms with Gasteiger partial charge in [-0.15, -0.1) is 0 Å². The molecule has 2 atom stereocenters. The maximum absolute atomic E-state index is 6.06. The molecule has 1 nitrogen and oxygen atoms in total. The molecule has 1 N–H and O–H groups in total. The van der Waals surface area contributed by atoms with E-state index in [1.54, 1.807) is 0 Å². The number of hydrogen-bond acceptors (Lipinski definition) is 1. The van der Waals surface area contributed by atoms with E-state index < -0.39 is 0 Å². The molecule has 3 rings (SSSR count). The molecule has 1 heterocycles. The fourth-order valence-corrected chi connectivity index (χ4v) is 3.12. The zero-order valence-corrected chi connectivity index (χ0v) is 9.91. The van der Waals surface area contributed by atoms with Crippen molar-refractivity contribution in [2.75, 3.05) is 13.1 Å².